The summed E-state index contributed by atoms with van der Waals surface area (Å²) in [6.07, 6.45) is 1.86. The fourth-order valence-corrected chi connectivity index (χ4v) is 3.11. The molecule has 0 unspecified atom stereocenters. The second-order valence-corrected chi connectivity index (χ2v) is 7.14. The summed E-state index contributed by atoms with van der Waals surface area (Å²) in [7, 11) is 0. The van der Waals surface area contributed by atoms with Crippen molar-refractivity contribution >= 4 is 17.5 Å². The van der Waals surface area contributed by atoms with Crippen molar-refractivity contribution in [1.82, 2.24) is 9.78 Å². The van der Waals surface area contributed by atoms with Gasteiger partial charge < -0.3 is 4.74 Å². The van der Waals surface area contributed by atoms with Gasteiger partial charge in [0, 0.05) is 17.8 Å². The first kappa shape index (κ1) is 20.4. The number of benzene rings is 2. The molecule has 0 radical (unpaired) electrons. The quantitative estimate of drug-likeness (QED) is 0.519. The third-order valence-corrected chi connectivity index (χ3v) is 4.60. The Hall–Kier alpha value is -3.34. The highest BCUT2D eigenvalue weighted by Crippen LogP contribution is 2.30. The van der Waals surface area contributed by atoms with E-state index in [2.05, 4.69) is 6.58 Å². The van der Waals surface area contributed by atoms with E-state index in [1.54, 1.807) is 9.58 Å². The summed E-state index contributed by atoms with van der Waals surface area (Å²) >= 11 is 0. The number of amides is 1. The molecule has 2 aromatic carbocycles. The molecule has 0 atom stereocenters. The van der Waals surface area contributed by atoms with Crippen LogP contribution in [0.5, 0.6) is 0 Å². The van der Waals surface area contributed by atoms with Crippen molar-refractivity contribution in [2.24, 2.45) is 0 Å². The lowest BCUT2D eigenvalue weighted by molar-refractivity contribution is 0.0979. The summed E-state index contributed by atoms with van der Waals surface area (Å²) in [5.41, 5.74) is 3.32. The highest BCUT2D eigenvalue weighted by molar-refractivity contribution is 6.07. The average Bonchev–Trinajstić information content (AvgIpc) is 3.14. The highest BCUT2D eigenvalue weighted by atomic mass is 16.5. The molecule has 5 heteroatoms. The number of hydrogen-bond donors (Lipinski definition) is 0. The first-order valence-electron chi connectivity index (χ1n) is 9.79. The zero-order chi connectivity index (χ0) is 21.0. The minimum Gasteiger partial charge on any atom is -0.494 e. The summed E-state index contributed by atoms with van der Waals surface area (Å²) in [5.74, 6) is 0.920. The number of aromatic nitrogens is 2. The Bertz CT molecular complexity index is 989. The number of nitrogens with zero attached hydrogens (tertiary/aromatic N) is 3. The topological polar surface area (TPSA) is 47.4 Å². The van der Waals surface area contributed by atoms with E-state index in [9.17, 15) is 4.79 Å². The van der Waals surface area contributed by atoms with E-state index < -0.39 is 0 Å². The Morgan fingerprint density at radius 3 is 2.38 bits per heavy atom. The maximum Gasteiger partial charge on any atom is 0.259 e. The molecule has 0 saturated carbocycles. The SMILES string of the molecule is C=C(OCC)c1cn(-c2ccccc2)nc1N(C(=O)c1ccc(C)cc1)C(C)C. The Labute approximate surface area is 172 Å². The zero-order valence-electron chi connectivity index (χ0n) is 17.4. The van der Waals surface area contributed by atoms with Crippen LogP contribution in [0.15, 0.2) is 67.4 Å². The van der Waals surface area contributed by atoms with Crippen LogP contribution < -0.4 is 4.90 Å². The predicted molar refractivity (Wildman–Crippen MR) is 117 cm³/mol. The first-order chi connectivity index (χ1) is 13.9. The second kappa shape index (κ2) is 8.78. The molecule has 0 aliphatic rings. The molecule has 0 bridgehead atoms. The van der Waals surface area contributed by atoms with Gasteiger partial charge in [-0.15, -0.1) is 5.10 Å². The lowest BCUT2D eigenvalue weighted by Gasteiger charge is -2.26. The summed E-state index contributed by atoms with van der Waals surface area (Å²) in [6.45, 7) is 12.4. The van der Waals surface area contributed by atoms with Crippen LogP contribution in [0.3, 0.4) is 0 Å². The largest absolute Gasteiger partial charge is 0.494 e. The molecule has 0 N–H and O–H groups in total. The van der Waals surface area contributed by atoms with Crippen LogP contribution in [0.2, 0.25) is 0 Å². The number of hydrogen-bond acceptors (Lipinski definition) is 3. The molecule has 150 valence electrons. The molecule has 0 aliphatic heterocycles. The molecule has 5 nitrogen and oxygen atoms in total. The third kappa shape index (κ3) is 4.40. The number of ether oxygens (including phenoxy) is 1. The molecule has 1 heterocycles. The van der Waals surface area contributed by atoms with Gasteiger partial charge in [-0.2, -0.15) is 0 Å². The standard InChI is InChI=1S/C24H27N3O2/c1-6-29-19(5)22-16-26(21-10-8-7-9-11-21)25-23(22)27(17(2)3)24(28)20-14-12-18(4)13-15-20/h7-17H,5-6H2,1-4H3. The van der Waals surface area contributed by atoms with Gasteiger partial charge in [-0.3, -0.25) is 9.69 Å². The van der Waals surface area contributed by atoms with E-state index in [1.165, 1.54) is 0 Å². The number of rotatable bonds is 7. The normalized spacial score (nSPS) is 10.8. The number of carbonyl (C=O) groups is 1. The smallest absolute Gasteiger partial charge is 0.259 e. The van der Waals surface area contributed by atoms with Crippen molar-refractivity contribution in [3.05, 3.63) is 84.1 Å². The van der Waals surface area contributed by atoms with Crippen molar-refractivity contribution in [3.8, 4) is 5.69 Å². The minimum absolute atomic E-state index is 0.101. The van der Waals surface area contributed by atoms with E-state index in [1.807, 2.05) is 88.5 Å². The number of para-hydroxylation sites is 1. The van der Waals surface area contributed by atoms with Crippen LogP contribution >= 0.6 is 0 Å². The maximum atomic E-state index is 13.4. The Balaban J connectivity index is 2.11. The molecule has 3 rings (SSSR count). The van der Waals surface area contributed by atoms with Crippen molar-refractivity contribution in [3.63, 3.8) is 0 Å². The third-order valence-electron chi connectivity index (χ3n) is 4.60. The van der Waals surface area contributed by atoms with Crippen LogP contribution in [0.1, 0.15) is 42.3 Å². The Morgan fingerprint density at radius 1 is 1.14 bits per heavy atom. The molecule has 0 saturated heterocycles. The first-order valence-corrected chi connectivity index (χ1v) is 9.79. The maximum absolute atomic E-state index is 13.4. The number of carbonyl (C=O) groups excluding carboxylic acids is 1. The van der Waals surface area contributed by atoms with Gasteiger partial charge in [-0.05, 0) is 52.0 Å². The summed E-state index contributed by atoms with van der Waals surface area (Å²) in [4.78, 5) is 15.1. The lowest BCUT2D eigenvalue weighted by atomic mass is 10.1. The zero-order valence-corrected chi connectivity index (χ0v) is 17.4. The van der Waals surface area contributed by atoms with Gasteiger partial charge in [-0.1, -0.05) is 42.5 Å². The van der Waals surface area contributed by atoms with Crippen LogP contribution in [-0.2, 0) is 4.74 Å². The van der Waals surface area contributed by atoms with Gasteiger partial charge in [0.05, 0.1) is 17.9 Å². The molecular weight excluding hydrogens is 362 g/mol. The minimum atomic E-state index is -0.108. The van der Waals surface area contributed by atoms with E-state index in [0.717, 1.165) is 11.3 Å². The van der Waals surface area contributed by atoms with E-state index >= 15 is 0 Å². The average molecular weight is 389 g/mol. The van der Waals surface area contributed by atoms with Crippen LogP contribution in [-0.4, -0.2) is 28.3 Å². The van der Waals surface area contributed by atoms with Gasteiger partial charge in [0.15, 0.2) is 5.82 Å². The summed E-state index contributed by atoms with van der Waals surface area (Å²) in [6, 6.07) is 17.2. The number of aryl methyl sites for hydroxylation is 1. The summed E-state index contributed by atoms with van der Waals surface area (Å²) in [5, 5.41) is 4.75. The second-order valence-electron chi connectivity index (χ2n) is 7.14. The van der Waals surface area contributed by atoms with Gasteiger partial charge in [0.1, 0.15) is 5.76 Å². The summed E-state index contributed by atoms with van der Waals surface area (Å²) < 4.78 is 7.42. The monoisotopic (exact) mass is 389 g/mol. The van der Waals surface area contributed by atoms with Crippen LogP contribution in [0.25, 0.3) is 11.4 Å². The molecule has 0 fully saturated rings. The molecular formula is C24H27N3O2. The molecule has 0 spiro atoms. The van der Waals surface area contributed by atoms with Gasteiger partial charge in [0.2, 0.25) is 0 Å². The van der Waals surface area contributed by atoms with E-state index in [4.69, 9.17) is 9.84 Å². The number of anilines is 1. The van der Waals surface area contributed by atoms with Gasteiger partial charge >= 0.3 is 0 Å². The highest BCUT2D eigenvalue weighted by Gasteiger charge is 2.27. The molecule has 0 aliphatic carbocycles. The van der Waals surface area contributed by atoms with Crippen molar-refractivity contribution in [2.45, 2.75) is 33.7 Å². The molecule has 1 amide bonds. The van der Waals surface area contributed by atoms with Crippen LogP contribution in [0.4, 0.5) is 5.82 Å². The molecule has 3 aromatic rings. The van der Waals surface area contributed by atoms with Crippen LogP contribution in [0, 0.1) is 6.92 Å². The fourth-order valence-electron chi connectivity index (χ4n) is 3.11. The Morgan fingerprint density at radius 2 is 1.79 bits per heavy atom. The Kier molecular flexibility index (Phi) is 6.17. The lowest BCUT2D eigenvalue weighted by Crippen LogP contribution is -2.38. The van der Waals surface area contributed by atoms with Gasteiger partial charge in [-0.25, -0.2) is 4.68 Å². The van der Waals surface area contributed by atoms with E-state index in [-0.39, 0.29) is 11.9 Å². The predicted octanol–water partition coefficient (Wildman–Crippen LogP) is 5.24. The van der Waals surface area contributed by atoms with Crippen molar-refractivity contribution < 1.29 is 9.53 Å². The molecule has 1 aromatic heterocycles. The fraction of sp³-hybridized carbons (Fsp3) is 0.250. The van der Waals surface area contributed by atoms with Gasteiger partial charge in [0.25, 0.3) is 5.91 Å². The van der Waals surface area contributed by atoms with Crippen molar-refractivity contribution in [1.29, 1.82) is 0 Å². The molecule has 29 heavy (non-hydrogen) atoms. The van der Waals surface area contributed by atoms with Crippen molar-refractivity contribution in [2.75, 3.05) is 11.5 Å². The van der Waals surface area contributed by atoms with E-state index in [0.29, 0.717) is 29.3 Å².